The Morgan fingerprint density at radius 1 is 1.38 bits per heavy atom. The Morgan fingerprint density at radius 3 is 2.69 bits per heavy atom. The number of carboxylic acids is 1. The second-order valence-corrected chi connectivity index (χ2v) is 3.73. The van der Waals surface area contributed by atoms with E-state index in [0.717, 1.165) is 22.2 Å². The Labute approximate surface area is 93.7 Å². The van der Waals surface area contributed by atoms with E-state index in [9.17, 15) is 9.90 Å². The predicted molar refractivity (Wildman–Crippen MR) is 62.8 cm³/mol. The first kappa shape index (κ1) is 10.6. The molecule has 16 heavy (non-hydrogen) atoms. The van der Waals surface area contributed by atoms with Gasteiger partial charge in [-0.25, -0.2) is 4.79 Å². The summed E-state index contributed by atoms with van der Waals surface area (Å²) in [6, 6.07) is 7.36. The molecule has 0 unspecified atom stereocenters. The fourth-order valence-electron chi connectivity index (χ4n) is 2.05. The minimum absolute atomic E-state index is 0.394. The van der Waals surface area contributed by atoms with Crippen LogP contribution in [0.25, 0.3) is 10.9 Å². The van der Waals surface area contributed by atoms with Crippen molar-refractivity contribution in [3.63, 3.8) is 0 Å². The van der Waals surface area contributed by atoms with Crippen molar-refractivity contribution in [3.05, 3.63) is 41.1 Å². The molecule has 0 spiro atoms. The molecule has 3 heteroatoms. The first-order chi connectivity index (χ1) is 7.65. The maximum absolute atomic E-state index is 11.3. The Balaban J connectivity index is 2.93. The van der Waals surface area contributed by atoms with E-state index in [4.69, 9.17) is 0 Å². The molecule has 0 fully saturated rings. The van der Waals surface area contributed by atoms with Crippen LogP contribution < -0.4 is 0 Å². The normalized spacial score (nSPS) is 10.6. The minimum Gasteiger partial charge on any atom is -0.478 e. The Hall–Kier alpha value is -1.90. The average Bonchev–Trinajstić information content (AvgIpc) is 2.26. The molecule has 1 aromatic heterocycles. The molecule has 1 aromatic carbocycles. The minimum atomic E-state index is -0.876. The lowest BCUT2D eigenvalue weighted by Crippen LogP contribution is -2.06. The first-order valence-corrected chi connectivity index (χ1v) is 5.26. The summed E-state index contributed by atoms with van der Waals surface area (Å²) in [6.45, 7) is 3.81. The van der Waals surface area contributed by atoms with Crippen molar-refractivity contribution in [1.29, 1.82) is 0 Å². The molecule has 1 heterocycles. The van der Waals surface area contributed by atoms with Crippen LogP contribution in [0.3, 0.4) is 0 Å². The highest BCUT2D eigenvalue weighted by molar-refractivity contribution is 6.04. The van der Waals surface area contributed by atoms with Gasteiger partial charge in [-0.2, -0.15) is 0 Å². The molecule has 0 aliphatic rings. The van der Waals surface area contributed by atoms with Crippen LogP contribution in [0.1, 0.15) is 28.5 Å². The van der Waals surface area contributed by atoms with Crippen LogP contribution in [-0.4, -0.2) is 16.1 Å². The number of fused-ring (bicyclic) bond motifs is 1. The van der Waals surface area contributed by atoms with Gasteiger partial charge in [0.15, 0.2) is 0 Å². The highest BCUT2D eigenvalue weighted by Crippen LogP contribution is 2.23. The fourth-order valence-corrected chi connectivity index (χ4v) is 2.05. The van der Waals surface area contributed by atoms with E-state index in [0.29, 0.717) is 12.0 Å². The number of benzene rings is 1. The predicted octanol–water partition coefficient (Wildman–Crippen LogP) is 2.80. The second kappa shape index (κ2) is 3.93. The van der Waals surface area contributed by atoms with Gasteiger partial charge in [-0.1, -0.05) is 25.1 Å². The number of aromatic carboxylic acids is 1. The molecular weight excluding hydrogens is 202 g/mol. The van der Waals surface area contributed by atoms with Crippen molar-refractivity contribution in [2.75, 3.05) is 0 Å². The number of hydrogen-bond donors (Lipinski definition) is 1. The zero-order chi connectivity index (χ0) is 11.7. The maximum Gasteiger partial charge on any atom is 0.336 e. The van der Waals surface area contributed by atoms with E-state index in [1.165, 1.54) is 0 Å². The number of para-hydroxylation sites is 1. The number of aromatic nitrogens is 1. The van der Waals surface area contributed by atoms with Gasteiger partial charge in [-0.05, 0) is 25.0 Å². The highest BCUT2D eigenvalue weighted by atomic mass is 16.4. The number of carbonyl (C=O) groups is 1. The maximum atomic E-state index is 11.3. The molecule has 0 saturated carbocycles. The van der Waals surface area contributed by atoms with E-state index < -0.39 is 5.97 Å². The van der Waals surface area contributed by atoms with Crippen LogP contribution in [0.5, 0.6) is 0 Å². The average molecular weight is 215 g/mol. The SMILES string of the molecule is CCc1c(C)nc2ccccc2c1C(=O)O. The van der Waals surface area contributed by atoms with Crippen molar-refractivity contribution >= 4 is 16.9 Å². The molecule has 0 radical (unpaired) electrons. The molecule has 2 aromatic rings. The number of hydrogen-bond acceptors (Lipinski definition) is 2. The van der Waals surface area contributed by atoms with E-state index >= 15 is 0 Å². The first-order valence-electron chi connectivity index (χ1n) is 5.26. The Kier molecular flexibility index (Phi) is 2.60. The molecule has 2 rings (SSSR count). The smallest absolute Gasteiger partial charge is 0.336 e. The zero-order valence-corrected chi connectivity index (χ0v) is 9.32. The van der Waals surface area contributed by atoms with Gasteiger partial charge in [0.05, 0.1) is 11.1 Å². The molecule has 0 aliphatic carbocycles. The summed E-state index contributed by atoms with van der Waals surface area (Å²) >= 11 is 0. The van der Waals surface area contributed by atoms with Gasteiger partial charge in [0.25, 0.3) is 0 Å². The molecule has 0 aliphatic heterocycles. The summed E-state index contributed by atoms with van der Waals surface area (Å²) in [4.78, 5) is 15.7. The standard InChI is InChI=1S/C13H13NO2/c1-3-9-8(2)14-11-7-5-4-6-10(11)12(9)13(15)16/h4-7H,3H2,1-2H3,(H,15,16). The fraction of sp³-hybridized carbons (Fsp3) is 0.231. The van der Waals surface area contributed by atoms with Gasteiger partial charge in [0.2, 0.25) is 0 Å². The summed E-state index contributed by atoms with van der Waals surface area (Å²) in [7, 11) is 0. The van der Waals surface area contributed by atoms with Crippen molar-refractivity contribution < 1.29 is 9.90 Å². The molecule has 0 atom stereocenters. The van der Waals surface area contributed by atoms with Crippen LogP contribution in [-0.2, 0) is 6.42 Å². The van der Waals surface area contributed by atoms with Crippen LogP contribution in [0.2, 0.25) is 0 Å². The molecule has 0 saturated heterocycles. The van der Waals surface area contributed by atoms with E-state index in [2.05, 4.69) is 4.98 Å². The third kappa shape index (κ3) is 1.54. The van der Waals surface area contributed by atoms with Crippen LogP contribution >= 0.6 is 0 Å². The quantitative estimate of drug-likeness (QED) is 0.838. The van der Waals surface area contributed by atoms with Crippen LogP contribution in [0.4, 0.5) is 0 Å². The van der Waals surface area contributed by atoms with Gasteiger partial charge in [0, 0.05) is 11.1 Å². The van der Waals surface area contributed by atoms with Crippen LogP contribution in [0.15, 0.2) is 24.3 Å². The molecule has 0 bridgehead atoms. The third-order valence-corrected chi connectivity index (χ3v) is 2.77. The summed E-state index contributed by atoms with van der Waals surface area (Å²) in [6.07, 6.45) is 0.686. The van der Waals surface area contributed by atoms with E-state index in [1.807, 2.05) is 38.1 Å². The number of rotatable bonds is 2. The number of aryl methyl sites for hydroxylation is 1. The van der Waals surface area contributed by atoms with Gasteiger partial charge < -0.3 is 5.11 Å². The van der Waals surface area contributed by atoms with Gasteiger partial charge in [-0.15, -0.1) is 0 Å². The Bertz CT molecular complexity index is 561. The van der Waals surface area contributed by atoms with Gasteiger partial charge in [0.1, 0.15) is 0 Å². The van der Waals surface area contributed by atoms with E-state index in [1.54, 1.807) is 0 Å². The van der Waals surface area contributed by atoms with Crippen LogP contribution in [0, 0.1) is 6.92 Å². The lowest BCUT2D eigenvalue weighted by atomic mass is 9.99. The molecule has 1 N–H and O–H groups in total. The monoisotopic (exact) mass is 215 g/mol. The lowest BCUT2D eigenvalue weighted by Gasteiger charge is -2.10. The number of carboxylic acid groups (broad SMARTS) is 1. The Morgan fingerprint density at radius 2 is 2.06 bits per heavy atom. The second-order valence-electron chi connectivity index (χ2n) is 3.73. The molecule has 3 nitrogen and oxygen atoms in total. The number of nitrogens with zero attached hydrogens (tertiary/aromatic N) is 1. The summed E-state index contributed by atoms with van der Waals surface area (Å²) in [5.41, 5.74) is 2.77. The third-order valence-electron chi connectivity index (χ3n) is 2.77. The molecule has 82 valence electrons. The van der Waals surface area contributed by atoms with E-state index in [-0.39, 0.29) is 0 Å². The summed E-state index contributed by atoms with van der Waals surface area (Å²) in [5, 5.41) is 10.0. The van der Waals surface area contributed by atoms with Crippen molar-refractivity contribution in [1.82, 2.24) is 4.98 Å². The zero-order valence-electron chi connectivity index (χ0n) is 9.32. The number of pyridine rings is 1. The molecular formula is C13H13NO2. The summed E-state index contributed by atoms with van der Waals surface area (Å²) in [5.74, 6) is -0.876. The largest absolute Gasteiger partial charge is 0.478 e. The van der Waals surface area contributed by atoms with Gasteiger partial charge >= 0.3 is 5.97 Å². The van der Waals surface area contributed by atoms with Crippen molar-refractivity contribution in [2.45, 2.75) is 20.3 Å². The highest BCUT2D eigenvalue weighted by Gasteiger charge is 2.16. The topological polar surface area (TPSA) is 50.2 Å². The van der Waals surface area contributed by atoms with Crippen molar-refractivity contribution in [3.8, 4) is 0 Å². The summed E-state index contributed by atoms with van der Waals surface area (Å²) < 4.78 is 0. The molecule has 0 amide bonds. The van der Waals surface area contributed by atoms with Crippen molar-refractivity contribution in [2.24, 2.45) is 0 Å². The van der Waals surface area contributed by atoms with Gasteiger partial charge in [-0.3, -0.25) is 4.98 Å². The lowest BCUT2D eigenvalue weighted by molar-refractivity contribution is 0.0697.